The fourth-order valence-corrected chi connectivity index (χ4v) is 4.48. The minimum atomic E-state index is 0.669. The Morgan fingerprint density at radius 1 is 0.867 bits per heavy atom. The number of fused-ring (bicyclic) bond motifs is 4. The van der Waals surface area contributed by atoms with Crippen LogP contribution in [0, 0.1) is 0 Å². The zero-order chi connectivity index (χ0) is 20.1. The van der Waals surface area contributed by atoms with E-state index in [1.165, 1.54) is 11.1 Å². The lowest BCUT2D eigenvalue weighted by Gasteiger charge is -2.30. The van der Waals surface area contributed by atoms with Gasteiger partial charge in [-0.3, -0.25) is 0 Å². The molecule has 5 aromatic rings. The summed E-state index contributed by atoms with van der Waals surface area (Å²) in [5, 5.41) is 10.6. The Morgan fingerprint density at radius 2 is 1.70 bits per heavy atom. The van der Waals surface area contributed by atoms with E-state index in [1.807, 2.05) is 40.9 Å². The third-order valence-electron chi connectivity index (χ3n) is 5.76. The highest BCUT2D eigenvalue weighted by Crippen LogP contribution is 2.32. The molecule has 1 aliphatic heterocycles. The molecule has 0 N–H and O–H groups in total. The van der Waals surface area contributed by atoms with E-state index < -0.39 is 0 Å². The van der Waals surface area contributed by atoms with Crippen LogP contribution in [0.2, 0.25) is 5.02 Å². The van der Waals surface area contributed by atoms with Gasteiger partial charge in [0.15, 0.2) is 5.65 Å². The van der Waals surface area contributed by atoms with E-state index >= 15 is 0 Å². The number of aromatic nitrogens is 4. The second-order valence-electron chi connectivity index (χ2n) is 7.58. The molecule has 2 aromatic heterocycles. The van der Waals surface area contributed by atoms with Crippen LogP contribution in [0.4, 0.5) is 5.82 Å². The SMILES string of the molecule is Clc1cccc(-c2nnn3c2nc(N2CCc4ccccc4C2)c2ccccc23)c1. The number of hydrogen-bond acceptors (Lipinski definition) is 4. The van der Waals surface area contributed by atoms with Crippen molar-refractivity contribution in [3.05, 3.63) is 88.9 Å². The van der Waals surface area contributed by atoms with E-state index in [9.17, 15) is 0 Å². The van der Waals surface area contributed by atoms with Crippen molar-refractivity contribution in [3.8, 4) is 11.3 Å². The van der Waals surface area contributed by atoms with Gasteiger partial charge in [-0.15, -0.1) is 5.10 Å². The highest BCUT2D eigenvalue weighted by molar-refractivity contribution is 6.30. The molecule has 146 valence electrons. The summed E-state index contributed by atoms with van der Waals surface area (Å²) in [5.41, 5.74) is 6.17. The summed E-state index contributed by atoms with van der Waals surface area (Å²) in [5.74, 6) is 0.971. The van der Waals surface area contributed by atoms with Gasteiger partial charge in [0.25, 0.3) is 0 Å². The van der Waals surface area contributed by atoms with E-state index in [2.05, 4.69) is 51.6 Å². The summed E-state index contributed by atoms with van der Waals surface area (Å²) < 4.78 is 1.83. The molecule has 30 heavy (non-hydrogen) atoms. The minimum Gasteiger partial charge on any atom is -0.351 e. The molecule has 0 bridgehead atoms. The van der Waals surface area contributed by atoms with Gasteiger partial charge in [-0.2, -0.15) is 4.52 Å². The normalized spacial score (nSPS) is 13.7. The first-order valence-corrected chi connectivity index (χ1v) is 10.4. The highest BCUT2D eigenvalue weighted by atomic mass is 35.5. The van der Waals surface area contributed by atoms with Crippen LogP contribution in [-0.4, -0.2) is 26.4 Å². The monoisotopic (exact) mass is 411 g/mol. The van der Waals surface area contributed by atoms with Gasteiger partial charge in [-0.1, -0.05) is 65.3 Å². The standard InChI is InChI=1S/C24H18ClN5/c25-19-9-5-8-17(14-19)22-24-26-23(20-10-3-4-11-21(20)30(24)28-27-22)29-13-12-16-6-1-2-7-18(16)15-29/h1-11,14H,12-13,15H2. The number of halogens is 1. The predicted molar refractivity (Wildman–Crippen MR) is 120 cm³/mol. The smallest absolute Gasteiger partial charge is 0.186 e. The largest absolute Gasteiger partial charge is 0.351 e. The Bertz CT molecular complexity index is 1410. The molecule has 0 atom stereocenters. The lowest BCUT2D eigenvalue weighted by Crippen LogP contribution is -2.31. The topological polar surface area (TPSA) is 46.3 Å². The van der Waals surface area contributed by atoms with Crippen LogP contribution in [0.25, 0.3) is 27.8 Å². The molecular formula is C24H18ClN5. The summed E-state index contributed by atoms with van der Waals surface area (Å²) in [6, 6.07) is 24.6. The van der Waals surface area contributed by atoms with Crippen molar-refractivity contribution < 1.29 is 0 Å². The molecule has 0 saturated carbocycles. The van der Waals surface area contributed by atoms with Crippen LogP contribution in [0.5, 0.6) is 0 Å². The van der Waals surface area contributed by atoms with Crippen LogP contribution in [0.1, 0.15) is 11.1 Å². The Kier molecular flexibility index (Phi) is 3.96. The summed E-state index contributed by atoms with van der Waals surface area (Å²) in [4.78, 5) is 7.45. The van der Waals surface area contributed by atoms with Crippen LogP contribution >= 0.6 is 11.6 Å². The van der Waals surface area contributed by atoms with Crippen LogP contribution in [0.3, 0.4) is 0 Å². The molecule has 3 heterocycles. The maximum Gasteiger partial charge on any atom is 0.186 e. The lowest BCUT2D eigenvalue weighted by molar-refractivity contribution is 0.723. The van der Waals surface area contributed by atoms with Crippen molar-refractivity contribution >= 4 is 34.0 Å². The number of nitrogens with zero attached hydrogens (tertiary/aromatic N) is 5. The van der Waals surface area contributed by atoms with Gasteiger partial charge in [0.05, 0.1) is 5.52 Å². The van der Waals surface area contributed by atoms with Gasteiger partial charge in [0.1, 0.15) is 11.5 Å². The highest BCUT2D eigenvalue weighted by Gasteiger charge is 2.22. The molecule has 1 aliphatic rings. The molecule has 0 unspecified atom stereocenters. The fourth-order valence-electron chi connectivity index (χ4n) is 4.29. The van der Waals surface area contributed by atoms with Crippen molar-refractivity contribution in [1.29, 1.82) is 0 Å². The molecule has 0 saturated heterocycles. The summed E-state index contributed by atoms with van der Waals surface area (Å²) >= 11 is 6.23. The summed E-state index contributed by atoms with van der Waals surface area (Å²) in [6.07, 6.45) is 1.01. The summed E-state index contributed by atoms with van der Waals surface area (Å²) in [7, 11) is 0. The molecule has 0 radical (unpaired) electrons. The van der Waals surface area contributed by atoms with Crippen LogP contribution < -0.4 is 4.90 Å². The first kappa shape index (κ1) is 17.4. The third-order valence-corrected chi connectivity index (χ3v) is 5.99. The van der Waals surface area contributed by atoms with Gasteiger partial charge in [0.2, 0.25) is 0 Å². The van der Waals surface area contributed by atoms with E-state index in [0.29, 0.717) is 5.02 Å². The van der Waals surface area contributed by atoms with Gasteiger partial charge < -0.3 is 4.90 Å². The Balaban J connectivity index is 1.57. The Morgan fingerprint density at radius 3 is 2.60 bits per heavy atom. The second kappa shape index (κ2) is 6.82. The molecule has 3 aromatic carbocycles. The maximum absolute atomic E-state index is 6.23. The number of hydrogen-bond donors (Lipinski definition) is 0. The van der Waals surface area contributed by atoms with Gasteiger partial charge >= 0.3 is 0 Å². The van der Waals surface area contributed by atoms with E-state index in [-0.39, 0.29) is 0 Å². The van der Waals surface area contributed by atoms with E-state index in [4.69, 9.17) is 16.6 Å². The lowest BCUT2D eigenvalue weighted by atomic mass is 9.99. The molecule has 0 amide bonds. The fraction of sp³-hybridized carbons (Fsp3) is 0.125. The van der Waals surface area contributed by atoms with Crippen LogP contribution in [0.15, 0.2) is 72.8 Å². The maximum atomic E-state index is 6.23. The van der Waals surface area contributed by atoms with E-state index in [0.717, 1.165) is 53.1 Å². The molecule has 6 rings (SSSR count). The second-order valence-corrected chi connectivity index (χ2v) is 8.01. The molecule has 0 spiro atoms. The summed E-state index contributed by atoms with van der Waals surface area (Å²) in [6.45, 7) is 1.77. The number of para-hydroxylation sites is 1. The Labute approximate surface area is 178 Å². The predicted octanol–water partition coefficient (Wildman–Crippen LogP) is 5.16. The van der Waals surface area contributed by atoms with Crippen molar-refractivity contribution in [2.24, 2.45) is 0 Å². The van der Waals surface area contributed by atoms with Crippen molar-refractivity contribution in [2.75, 3.05) is 11.4 Å². The van der Waals surface area contributed by atoms with Crippen LogP contribution in [-0.2, 0) is 13.0 Å². The average molecular weight is 412 g/mol. The van der Waals surface area contributed by atoms with E-state index in [1.54, 1.807) is 0 Å². The first-order chi connectivity index (χ1) is 14.8. The van der Waals surface area contributed by atoms with Crippen molar-refractivity contribution in [2.45, 2.75) is 13.0 Å². The molecule has 5 nitrogen and oxygen atoms in total. The average Bonchev–Trinajstić information content (AvgIpc) is 3.22. The van der Waals surface area contributed by atoms with Crippen molar-refractivity contribution in [1.82, 2.24) is 19.8 Å². The molecule has 0 fully saturated rings. The minimum absolute atomic E-state index is 0.669. The first-order valence-electron chi connectivity index (χ1n) is 10.00. The quantitative estimate of drug-likeness (QED) is 0.402. The molecule has 0 aliphatic carbocycles. The molecule has 6 heteroatoms. The molecular weight excluding hydrogens is 394 g/mol. The number of rotatable bonds is 2. The van der Waals surface area contributed by atoms with Gasteiger partial charge in [-0.05, 0) is 41.8 Å². The number of anilines is 1. The zero-order valence-electron chi connectivity index (χ0n) is 16.2. The number of benzene rings is 3. The van der Waals surface area contributed by atoms with Gasteiger partial charge in [-0.25, -0.2) is 4.98 Å². The zero-order valence-corrected chi connectivity index (χ0v) is 16.9. The Hall–Kier alpha value is -3.44. The third kappa shape index (κ3) is 2.74. The van der Waals surface area contributed by atoms with Gasteiger partial charge in [0, 0.05) is 29.1 Å². The van der Waals surface area contributed by atoms with Crippen molar-refractivity contribution in [3.63, 3.8) is 0 Å².